The molecule has 0 saturated carbocycles. The predicted molar refractivity (Wildman–Crippen MR) is 110 cm³/mol. The van der Waals surface area contributed by atoms with Crippen molar-refractivity contribution in [3.05, 3.63) is 70.9 Å². The molecule has 8 heteroatoms. The first kappa shape index (κ1) is 21.0. The van der Waals surface area contributed by atoms with E-state index in [2.05, 4.69) is 5.10 Å². The van der Waals surface area contributed by atoms with Crippen LogP contribution in [0, 0.1) is 11.6 Å². The van der Waals surface area contributed by atoms with E-state index in [1.54, 1.807) is 40.9 Å². The number of benzene rings is 2. The Hall–Kier alpha value is -3.29. The maximum atomic E-state index is 13.8. The fourth-order valence-corrected chi connectivity index (χ4v) is 4.09. The number of hydrogen-bond donors (Lipinski definition) is 0. The van der Waals surface area contributed by atoms with E-state index >= 15 is 0 Å². The van der Waals surface area contributed by atoms with Gasteiger partial charge in [-0.05, 0) is 49.7 Å². The molecule has 2 aromatic carbocycles. The Kier molecular flexibility index (Phi) is 5.71. The third kappa shape index (κ3) is 4.02. The van der Waals surface area contributed by atoms with Gasteiger partial charge in [0.15, 0.2) is 0 Å². The number of nitrogens with zero attached hydrogens (tertiary/aromatic N) is 3. The molecule has 0 N–H and O–H groups in total. The molecule has 1 aromatic heterocycles. The number of halogens is 3. The zero-order chi connectivity index (χ0) is 22.1. The number of carbonyl (C=O) groups excluding carboxylic acids is 1. The van der Waals surface area contributed by atoms with Crippen LogP contribution in [0.25, 0.3) is 11.3 Å². The summed E-state index contributed by atoms with van der Waals surface area (Å²) < 4.78 is 46.6. The minimum atomic E-state index is -0.649. The third-order valence-electron chi connectivity index (χ3n) is 5.49. The molecule has 31 heavy (non-hydrogen) atoms. The first-order valence-corrected chi connectivity index (χ1v) is 10.0. The summed E-state index contributed by atoms with van der Waals surface area (Å²) in [5, 5.41) is 4.56. The molecule has 0 saturated heterocycles. The maximum Gasteiger partial charge on any atom is 0.254 e. The van der Waals surface area contributed by atoms with Gasteiger partial charge in [-0.3, -0.25) is 9.48 Å². The van der Waals surface area contributed by atoms with Crippen molar-refractivity contribution in [2.45, 2.75) is 19.4 Å². The van der Waals surface area contributed by atoms with Crippen molar-refractivity contribution in [2.75, 3.05) is 19.8 Å². The number of alkyl halides is 1. The standard InChI is InChI=1S/C23H22F3N3O2/c1-14-21-20(22(28(2)27-21)16-11-17(25)13-18(26)12-16)7-9-29(14)23(30)15-3-5-19(6-4-15)31-10-8-24/h3-6,11-14H,7-10H2,1-2H3. The SMILES string of the molecule is CC1c2nn(C)c(-c3cc(F)cc(F)c3)c2CCN1C(=O)c1ccc(OCCF)cc1. The lowest BCUT2D eigenvalue weighted by Crippen LogP contribution is -2.38. The zero-order valence-electron chi connectivity index (χ0n) is 17.2. The molecule has 0 fully saturated rings. The molecule has 1 aliphatic rings. The van der Waals surface area contributed by atoms with E-state index < -0.39 is 18.3 Å². The summed E-state index contributed by atoms with van der Waals surface area (Å²) in [6.07, 6.45) is 0.518. The molecule has 162 valence electrons. The van der Waals surface area contributed by atoms with Gasteiger partial charge in [-0.1, -0.05) is 0 Å². The summed E-state index contributed by atoms with van der Waals surface area (Å²) in [4.78, 5) is 14.8. The summed E-state index contributed by atoms with van der Waals surface area (Å²) in [5.74, 6) is -0.951. The number of amides is 1. The van der Waals surface area contributed by atoms with E-state index in [1.807, 2.05) is 6.92 Å². The number of carbonyl (C=O) groups is 1. The van der Waals surface area contributed by atoms with E-state index in [-0.39, 0.29) is 18.6 Å². The van der Waals surface area contributed by atoms with Gasteiger partial charge in [0.05, 0.1) is 17.4 Å². The van der Waals surface area contributed by atoms with Gasteiger partial charge in [0, 0.05) is 36.3 Å². The number of aromatic nitrogens is 2. The molecule has 1 unspecified atom stereocenters. The van der Waals surface area contributed by atoms with Crippen LogP contribution in [0.15, 0.2) is 42.5 Å². The summed E-state index contributed by atoms with van der Waals surface area (Å²) in [6.45, 7) is 1.72. The van der Waals surface area contributed by atoms with E-state index in [1.165, 1.54) is 12.1 Å². The van der Waals surface area contributed by atoms with Crippen LogP contribution in [0.1, 0.15) is 34.6 Å². The van der Waals surface area contributed by atoms with Crippen LogP contribution in [0.5, 0.6) is 5.75 Å². The van der Waals surface area contributed by atoms with Crippen LogP contribution in [0.2, 0.25) is 0 Å². The van der Waals surface area contributed by atoms with Gasteiger partial charge in [-0.25, -0.2) is 13.2 Å². The van der Waals surface area contributed by atoms with Crippen molar-refractivity contribution in [3.8, 4) is 17.0 Å². The van der Waals surface area contributed by atoms with Crippen LogP contribution >= 0.6 is 0 Å². The minimum absolute atomic E-state index is 0.0313. The second-order valence-corrected chi connectivity index (χ2v) is 7.48. The van der Waals surface area contributed by atoms with Crippen molar-refractivity contribution in [1.29, 1.82) is 0 Å². The fraction of sp³-hybridized carbons (Fsp3) is 0.304. The molecule has 4 rings (SSSR count). The molecule has 1 amide bonds. The lowest BCUT2D eigenvalue weighted by molar-refractivity contribution is 0.0673. The molecule has 3 aromatic rings. The number of ether oxygens (including phenoxy) is 1. The van der Waals surface area contributed by atoms with Crippen molar-refractivity contribution in [3.63, 3.8) is 0 Å². The second kappa shape index (κ2) is 8.45. The number of hydrogen-bond acceptors (Lipinski definition) is 3. The smallest absolute Gasteiger partial charge is 0.254 e. The predicted octanol–water partition coefficient (Wildman–Crippen LogP) is 4.47. The normalized spacial score (nSPS) is 15.6. The van der Waals surface area contributed by atoms with Crippen LogP contribution in [-0.4, -0.2) is 40.4 Å². The first-order valence-electron chi connectivity index (χ1n) is 10.0. The van der Waals surface area contributed by atoms with Gasteiger partial charge in [0.2, 0.25) is 0 Å². The van der Waals surface area contributed by atoms with Crippen LogP contribution < -0.4 is 4.74 Å². The quantitative estimate of drug-likeness (QED) is 0.601. The summed E-state index contributed by atoms with van der Waals surface area (Å²) in [6, 6.07) is 9.68. The molecule has 0 aliphatic carbocycles. The molecule has 1 atom stereocenters. The van der Waals surface area contributed by atoms with E-state index in [4.69, 9.17) is 4.74 Å². The van der Waals surface area contributed by atoms with Gasteiger partial charge in [0.1, 0.15) is 30.7 Å². The topological polar surface area (TPSA) is 47.4 Å². The third-order valence-corrected chi connectivity index (χ3v) is 5.49. The number of fused-ring (bicyclic) bond motifs is 1. The van der Waals surface area contributed by atoms with Crippen LogP contribution in [0.4, 0.5) is 13.2 Å². The first-order chi connectivity index (χ1) is 14.9. The van der Waals surface area contributed by atoms with Gasteiger partial charge < -0.3 is 9.64 Å². The van der Waals surface area contributed by atoms with Crippen LogP contribution in [-0.2, 0) is 13.5 Å². The Morgan fingerprint density at radius 1 is 1.16 bits per heavy atom. The lowest BCUT2D eigenvalue weighted by atomic mass is 9.95. The summed E-state index contributed by atoms with van der Waals surface area (Å²) in [5.41, 5.74) is 3.17. The van der Waals surface area contributed by atoms with Gasteiger partial charge in [-0.15, -0.1) is 0 Å². The van der Waals surface area contributed by atoms with Gasteiger partial charge >= 0.3 is 0 Å². The Labute approximate surface area is 178 Å². The summed E-state index contributed by atoms with van der Waals surface area (Å²) in [7, 11) is 1.73. The Bertz CT molecular complexity index is 1090. The molecular formula is C23H22F3N3O2. The van der Waals surface area contributed by atoms with E-state index in [9.17, 15) is 18.0 Å². The minimum Gasteiger partial charge on any atom is -0.491 e. The highest BCUT2D eigenvalue weighted by Crippen LogP contribution is 2.36. The Balaban J connectivity index is 1.60. The largest absolute Gasteiger partial charge is 0.491 e. The highest BCUT2D eigenvalue weighted by atomic mass is 19.1. The second-order valence-electron chi connectivity index (χ2n) is 7.48. The summed E-state index contributed by atoms with van der Waals surface area (Å²) >= 11 is 0. The van der Waals surface area contributed by atoms with E-state index in [0.717, 1.165) is 11.6 Å². The number of rotatable bonds is 5. The highest BCUT2D eigenvalue weighted by molar-refractivity contribution is 5.94. The van der Waals surface area contributed by atoms with Crippen molar-refractivity contribution >= 4 is 5.91 Å². The van der Waals surface area contributed by atoms with E-state index in [0.29, 0.717) is 41.2 Å². The van der Waals surface area contributed by atoms with Crippen molar-refractivity contribution in [2.24, 2.45) is 7.05 Å². The molecule has 0 radical (unpaired) electrons. The van der Waals surface area contributed by atoms with Crippen molar-refractivity contribution < 1.29 is 22.7 Å². The molecule has 0 spiro atoms. The van der Waals surface area contributed by atoms with Crippen molar-refractivity contribution in [1.82, 2.24) is 14.7 Å². The fourth-order valence-electron chi connectivity index (χ4n) is 4.09. The number of aryl methyl sites for hydroxylation is 1. The van der Waals surface area contributed by atoms with Gasteiger partial charge in [0.25, 0.3) is 5.91 Å². The average Bonchev–Trinajstić information content (AvgIpc) is 3.08. The lowest BCUT2D eigenvalue weighted by Gasteiger charge is -2.33. The molecule has 1 aliphatic heterocycles. The van der Waals surface area contributed by atoms with Gasteiger partial charge in [-0.2, -0.15) is 5.10 Å². The molecule has 5 nitrogen and oxygen atoms in total. The highest BCUT2D eigenvalue weighted by Gasteiger charge is 2.33. The molecule has 2 heterocycles. The monoisotopic (exact) mass is 429 g/mol. The molecule has 0 bridgehead atoms. The zero-order valence-corrected chi connectivity index (χ0v) is 17.2. The average molecular weight is 429 g/mol. The molecular weight excluding hydrogens is 407 g/mol. The van der Waals surface area contributed by atoms with Crippen LogP contribution in [0.3, 0.4) is 0 Å². The Morgan fingerprint density at radius 2 is 1.84 bits per heavy atom. The maximum absolute atomic E-state index is 13.8. The Morgan fingerprint density at radius 3 is 2.48 bits per heavy atom.